The number of nitrogens with zero attached hydrogens (tertiary/aromatic N) is 2. The van der Waals surface area contributed by atoms with Crippen LogP contribution in [0.1, 0.15) is 32.6 Å². The van der Waals surface area contributed by atoms with Gasteiger partial charge in [-0.05, 0) is 24.6 Å². The van der Waals surface area contributed by atoms with E-state index in [-0.39, 0.29) is 5.75 Å². The highest BCUT2D eigenvalue weighted by Gasteiger charge is 2.16. The number of fused-ring (bicyclic) bond motifs is 1. The average molecular weight is 318 g/mol. The Labute approximate surface area is 137 Å². The number of rotatable bonds is 7. The van der Waals surface area contributed by atoms with E-state index in [2.05, 4.69) is 6.92 Å². The summed E-state index contributed by atoms with van der Waals surface area (Å²) in [6.07, 6.45) is 4.33. The molecule has 5 nitrogen and oxygen atoms in total. The summed E-state index contributed by atoms with van der Waals surface area (Å²) < 4.78 is 7.22. The molecule has 2 aromatic rings. The van der Waals surface area contributed by atoms with Gasteiger partial charge in [0.25, 0.3) is 5.56 Å². The van der Waals surface area contributed by atoms with Crippen molar-refractivity contribution in [1.29, 1.82) is 0 Å². The van der Waals surface area contributed by atoms with Crippen LogP contribution in [-0.2, 0) is 7.05 Å². The third-order valence-electron chi connectivity index (χ3n) is 4.07. The predicted octanol–water partition coefficient (Wildman–Crippen LogP) is 3.27. The number of anilines is 1. The minimum atomic E-state index is -0.433. The Morgan fingerprint density at radius 3 is 2.61 bits per heavy atom. The lowest BCUT2D eigenvalue weighted by Crippen LogP contribution is -2.18. The van der Waals surface area contributed by atoms with E-state index in [0.717, 1.165) is 35.9 Å². The third kappa shape index (κ3) is 3.60. The first-order valence-corrected chi connectivity index (χ1v) is 8.13. The topological polar surface area (TPSA) is 54.7 Å². The van der Waals surface area contributed by atoms with E-state index < -0.39 is 5.56 Å². The second-order valence-electron chi connectivity index (χ2n) is 6.05. The molecule has 0 bridgehead atoms. The maximum absolute atomic E-state index is 12.2. The summed E-state index contributed by atoms with van der Waals surface area (Å²) in [6, 6.07) is 5.78. The Balaban J connectivity index is 2.41. The van der Waals surface area contributed by atoms with Crippen LogP contribution in [0.25, 0.3) is 10.9 Å². The number of hydrogen-bond donors (Lipinski definition) is 1. The number of aryl methyl sites for hydroxylation is 1. The molecule has 2 rings (SSSR count). The number of pyridine rings is 1. The maximum atomic E-state index is 12.2. The van der Waals surface area contributed by atoms with Crippen LogP contribution in [0.2, 0.25) is 0 Å². The van der Waals surface area contributed by atoms with Crippen LogP contribution in [0.3, 0.4) is 0 Å². The Kier molecular flexibility index (Phi) is 5.53. The smallest absolute Gasteiger partial charge is 0.296 e. The van der Waals surface area contributed by atoms with Gasteiger partial charge in [-0.15, -0.1) is 0 Å². The molecular weight excluding hydrogens is 292 g/mol. The Hall–Kier alpha value is -2.17. The zero-order valence-electron chi connectivity index (χ0n) is 14.4. The van der Waals surface area contributed by atoms with Gasteiger partial charge in [0, 0.05) is 32.2 Å². The summed E-state index contributed by atoms with van der Waals surface area (Å²) in [7, 11) is 5.56. The number of benzene rings is 1. The number of hydrogen-bond acceptors (Lipinski definition) is 4. The Morgan fingerprint density at radius 1 is 1.22 bits per heavy atom. The van der Waals surface area contributed by atoms with Crippen LogP contribution < -0.4 is 15.2 Å². The van der Waals surface area contributed by atoms with Gasteiger partial charge in [-0.1, -0.05) is 26.2 Å². The molecule has 0 fully saturated rings. The van der Waals surface area contributed by atoms with Gasteiger partial charge in [-0.25, -0.2) is 0 Å². The van der Waals surface area contributed by atoms with E-state index in [1.54, 1.807) is 7.05 Å². The largest absolute Gasteiger partial charge is 0.500 e. The minimum absolute atomic E-state index is 0.296. The summed E-state index contributed by atoms with van der Waals surface area (Å²) in [4.78, 5) is 14.2. The molecule has 0 radical (unpaired) electrons. The van der Waals surface area contributed by atoms with Crippen LogP contribution in [0, 0.1) is 0 Å². The molecule has 1 N–H and O–H groups in total. The van der Waals surface area contributed by atoms with E-state index in [4.69, 9.17) is 4.74 Å². The Morgan fingerprint density at radius 2 is 1.96 bits per heavy atom. The van der Waals surface area contributed by atoms with E-state index in [1.807, 2.05) is 37.2 Å². The van der Waals surface area contributed by atoms with Crippen molar-refractivity contribution in [3.05, 3.63) is 28.6 Å². The molecule has 1 aromatic carbocycles. The highest BCUT2D eigenvalue weighted by Crippen LogP contribution is 2.33. The van der Waals surface area contributed by atoms with Crippen molar-refractivity contribution in [3.8, 4) is 11.5 Å². The fourth-order valence-electron chi connectivity index (χ4n) is 2.61. The minimum Gasteiger partial charge on any atom is -0.500 e. The predicted molar refractivity (Wildman–Crippen MR) is 94.8 cm³/mol. The number of ether oxygens (including phenoxy) is 1. The van der Waals surface area contributed by atoms with Crippen LogP contribution in [-0.4, -0.2) is 30.4 Å². The fraction of sp³-hybridized carbons (Fsp3) is 0.500. The van der Waals surface area contributed by atoms with Gasteiger partial charge in [0.2, 0.25) is 5.75 Å². The van der Waals surface area contributed by atoms with Crippen molar-refractivity contribution in [2.75, 3.05) is 25.6 Å². The second kappa shape index (κ2) is 7.40. The first-order valence-electron chi connectivity index (χ1n) is 8.13. The van der Waals surface area contributed by atoms with Crippen molar-refractivity contribution in [1.82, 2.24) is 4.57 Å². The molecule has 0 spiro atoms. The SMILES string of the molecule is CCCCCCOc1c(O)c(=O)n(C)c2cc(N(C)C)ccc12. The van der Waals surface area contributed by atoms with Gasteiger partial charge in [0.05, 0.1) is 12.1 Å². The van der Waals surface area contributed by atoms with Crippen molar-refractivity contribution < 1.29 is 9.84 Å². The normalized spacial score (nSPS) is 11.0. The molecule has 0 aliphatic heterocycles. The van der Waals surface area contributed by atoms with E-state index in [0.29, 0.717) is 12.4 Å². The molecule has 126 valence electrons. The molecule has 0 unspecified atom stereocenters. The van der Waals surface area contributed by atoms with Gasteiger partial charge >= 0.3 is 0 Å². The van der Waals surface area contributed by atoms with Crippen LogP contribution in [0.15, 0.2) is 23.0 Å². The van der Waals surface area contributed by atoms with E-state index in [9.17, 15) is 9.90 Å². The van der Waals surface area contributed by atoms with Crippen molar-refractivity contribution in [2.24, 2.45) is 7.05 Å². The number of aromatic nitrogens is 1. The molecule has 1 heterocycles. The molecular formula is C18H26N2O3. The van der Waals surface area contributed by atoms with E-state index >= 15 is 0 Å². The first-order chi connectivity index (χ1) is 11.0. The molecule has 0 aliphatic rings. The molecule has 23 heavy (non-hydrogen) atoms. The average Bonchev–Trinajstić information content (AvgIpc) is 2.54. The monoisotopic (exact) mass is 318 g/mol. The van der Waals surface area contributed by atoms with Crippen molar-refractivity contribution >= 4 is 16.6 Å². The van der Waals surface area contributed by atoms with Crippen LogP contribution in [0.4, 0.5) is 5.69 Å². The Bertz CT molecular complexity index is 735. The third-order valence-corrected chi connectivity index (χ3v) is 4.07. The molecule has 0 saturated heterocycles. The standard InChI is InChI=1S/C18H26N2O3/c1-5-6-7-8-11-23-17-14-10-9-13(19(2)3)12-15(14)20(4)18(22)16(17)21/h9-10,12,21H,5-8,11H2,1-4H3. The highest BCUT2D eigenvalue weighted by molar-refractivity contribution is 5.90. The second-order valence-corrected chi connectivity index (χ2v) is 6.05. The molecule has 0 atom stereocenters. The fourth-order valence-corrected chi connectivity index (χ4v) is 2.61. The number of aromatic hydroxyl groups is 1. The van der Waals surface area contributed by atoms with Crippen LogP contribution >= 0.6 is 0 Å². The zero-order valence-corrected chi connectivity index (χ0v) is 14.4. The quantitative estimate of drug-likeness (QED) is 0.796. The summed E-state index contributed by atoms with van der Waals surface area (Å²) in [6.45, 7) is 2.66. The van der Waals surface area contributed by atoms with Gasteiger partial charge in [-0.2, -0.15) is 0 Å². The van der Waals surface area contributed by atoms with Gasteiger partial charge in [0.15, 0.2) is 5.75 Å². The molecule has 5 heteroatoms. The lowest BCUT2D eigenvalue weighted by Gasteiger charge is -2.17. The van der Waals surface area contributed by atoms with Gasteiger partial charge in [-0.3, -0.25) is 4.79 Å². The summed E-state index contributed by atoms with van der Waals surface area (Å²) in [5, 5.41) is 10.9. The summed E-state index contributed by atoms with van der Waals surface area (Å²) in [5.74, 6) is -0.0157. The molecule has 1 aromatic heterocycles. The summed E-state index contributed by atoms with van der Waals surface area (Å²) >= 11 is 0. The lowest BCUT2D eigenvalue weighted by molar-refractivity contribution is 0.291. The van der Waals surface area contributed by atoms with Gasteiger partial charge < -0.3 is 19.3 Å². The van der Waals surface area contributed by atoms with Crippen molar-refractivity contribution in [2.45, 2.75) is 32.6 Å². The van der Waals surface area contributed by atoms with E-state index in [1.165, 1.54) is 11.0 Å². The van der Waals surface area contributed by atoms with Crippen LogP contribution in [0.5, 0.6) is 11.5 Å². The lowest BCUT2D eigenvalue weighted by atomic mass is 10.1. The maximum Gasteiger partial charge on any atom is 0.296 e. The molecule has 0 saturated carbocycles. The highest BCUT2D eigenvalue weighted by atomic mass is 16.5. The van der Waals surface area contributed by atoms with Gasteiger partial charge in [0.1, 0.15) is 0 Å². The van der Waals surface area contributed by atoms with Crippen molar-refractivity contribution in [3.63, 3.8) is 0 Å². The number of unbranched alkanes of at least 4 members (excludes halogenated alkanes) is 3. The molecule has 0 aliphatic carbocycles. The first kappa shape index (κ1) is 17.2. The molecule has 0 amide bonds. The zero-order chi connectivity index (χ0) is 17.0. The summed E-state index contributed by atoms with van der Waals surface area (Å²) in [5.41, 5.74) is 1.31.